The van der Waals surface area contributed by atoms with Crippen LogP contribution in [0.25, 0.3) is 0 Å². The lowest BCUT2D eigenvalue weighted by atomic mass is 9.79. The molecule has 1 heterocycles. The van der Waals surface area contributed by atoms with Crippen molar-refractivity contribution in [2.45, 2.75) is 57.5 Å². The molecule has 3 unspecified atom stereocenters. The molecule has 3 rings (SSSR count). The fourth-order valence-corrected chi connectivity index (χ4v) is 4.59. The van der Waals surface area contributed by atoms with Crippen LogP contribution in [0, 0.1) is 12.8 Å². The molecular weight excluding hydrogens is 348 g/mol. The van der Waals surface area contributed by atoms with Crippen LogP contribution in [0.1, 0.15) is 44.1 Å². The number of hydrogen-bond donors (Lipinski definition) is 2. The predicted octanol–water partition coefficient (Wildman–Crippen LogP) is 5.13. The molecule has 0 bridgehead atoms. The van der Waals surface area contributed by atoms with Gasteiger partial charge in [-0.3, -0.25) is 0 Å². The lowest BCUT2D eigenvalue weighted by molar-refractivity contribution is 0.262. The molecule has 1 aromatic carbocycles. The SMILES string of the molecule is Cc1cc(Br)c(NC2CCCCC2C2CCCN2)cc1Cl. The van der Waals surface area contributed by atoms with Gasteiger partial charge in [0, 0.05) is 21.6 Å². The average Bonchev–Trinajstić information content (AvgIpc) is 2.99. The van der Waals surface area contributed by atoms with Crippen molar-refractivity contribution in [3.63, 3.8) is 0 Å². The number of halogens is 2. The van der Waals surface area contributed by atoms with E-state index in [4.69, 9.17) is 11.6 Å². The van der Waals surface area contributed by atoms with Crippen LogP contribution in [-0.2, 0) is 0 Å². The summed E-state index contributed by atoms with van der Waals surface area (Å²) in [5.74, 6) is 0.744. The molecule has 0 spiro atoms. The number of nitrogens with one attached hydrogen (secondary N) is 2. The Labute approximate surface area is 141 Å². The molecule has 1 saturated carbocycles. The quantitative estimate of drug-likeness (QED) is 0.769. The zero-order chi connectivity index (χ0) is 14.8. The topological polar surface area (TPSA) is 24.1 Å². The molecule has 2 nitrogen and oxygen atoms in total. The lowest BCUT2D eigenvalue weighted by Gasteiger charge is -2.37. The van der Waals surface area contributed by atoms with E-state index in [2.05, 4.69) is 38.7 Å². The molecule has 1 aliphatic heterocycles. The number of hydrogen-bond acceptors (Lipinski definition) is 2. The van der Waals surface area contributed by atoms with E-state index in [-0.39, 0.29) is 0 Å². The molecule has 1 saturated heterocycles. The molecule has 116 valence electrons. The van der Waals surface area contributed by atoms with Gasteiger partial charge in [0.05, 0.1) is 5.69 Å². The zero-order valence-corrected chi connectivity index (χ0v) is 14.9. The molecule has 0 radical (unpaired) electrons. The Kier molecular flexibility index (Phi) is 5.13. The normalized spacial score (nSPS) is 29.6. The van der Waals surface area contributed by atoms with Crippen LogP contribution in [0.15, 0.2) is 16.6 Å². The smallest absolute Gasteiger partial charge is 0.0502 e. The highest BCUT2D eigenvalue weighted by atomic mass is 79.9. The zero-order valence-electron chi connectivity index (χ0n) is 12.6. The summed E-state index contributed by atoms with van der Waals surface area (Å²) in [5.41, 5.74) is 2.26. The van der Waals surface area contributed by atoms with E-state index in [1.165, 1.54) is 45.1 Å². The van der Waals surface area contributed by atoms with Gasteiger partial charge >= 0.3 is 0 Å². The minimum absolute atomic E-state index is 0.560. The summed E-state index contributed by atoms with van der Waals surface area (Å²) in [4.78, 5) is 0. The third kappa shape index (κ3) is 3.57. The van der Waals surface area contributed by atoms with Crippen molar-refractivity contribution in [2.24, 2.45) is 5.92 Å². The third-order valence-electron chi connectivity index (χ3n) is 5.02. The van der Waals surface area contributed by atoms with Gasteiger partial charge in [-0.2, -0.15) is 0 Å². The van der Waals surface area contributed by atoms with Gasteiger partial charge in [0.15, 0.2) is 0 Å². The van der Waals surface area contributed by atoms with Crippen molar-refractivity contribution in [3.05, 3.63) is 27.2 Å². The Bertz CT molecular complexity index is 500. The molecule has 4 heteroatoms. The maximum Gasteiger partial charge on any atom is 0.0502 e. The van der Waals surface area contributed by atoms with Crippen LogP contribution in [0.4, 0.5) is 5.69 Å². The summed E-state index contributed by atoms with van der Waals surface area (Å²) in [6, 6.07) is 5.43. The Morgan fingerprint density at radius 2 is 2.00 bits per heavy atom. The van der Waals surface area contributed by atoms with E-state index in [0.29, 0.717) is 12.1 Å². The molecule has 2 aliphatic rings. The second-order valence-corrected chi connectivity index (χ2v) is 7.74. The second-order valence-electron chi connectivity index (χ2n) is 6.48. The van der Waals surface area contributed by atoms with E-state index in [0.717, 1.165) is 26.7 Å². The summed E-state index contributed by atoms with van der Waals surface area (Å²) in [5, 5.41) is 8.31. The summed E-state index contributed by atoms with van der Waals surface area (Å²) < 4.78 is 1.12. The summed E-state index contributed by atoms with van der Waals surface area (Å²) in [6.07, 6.45) is 7.97. The minimum atomic E-state index is 0.560. The number of benzene rings is 1. The summed E-state index contributed by atoms with van der Waals surface area (Å²) >= 11 is 9.97. The minimum Gasteiger partial charge on any atom is -0.381 e. The molecule has 0 aromatic heterocycles. The Morgan fingerprint density at radius 1 is 1.19 bits per heavy atom. The van der Waals surface area contributed by atoms with E-state index < -0.39 is 0 Å². The van der Waals surface area contributed by atoms with Crippen molar-refractivity contribution in [3.8, 4) is 0 Å². The molecule has 0 amide bonds. The van der Waals surface area contributed by atoms with Crippen molar-refractivity contribution in [1.29, 1.82) is 0 Å². The van der Waals surface area contributed by atoms with Crippen LogP contribution in [0.2, 0.25) is 5.02 Å². The van der Waals surface area contributed by atoms with Gasteiger partial charge < -0.3 is 10.6 Å². The average molecular weight is 372 g/mol. The van der Waals surface area contributed by atoms with Crippen LogP contribution >= 0.6 is 27.5 Å². The highest BCUT2D eigenvalue weighted by molar-refractivity contribution is 9.10. The monoisotopic (exact) mass is 370 g/mol. The first-order valence-corrected chi connectivity index (χ1v) is 9.28. The number of anilines is 1. The molecular formula is C17H24BrClN2. The van der Waals surface area contributed by atoms with Gasteiger partial charge in [0.2, 0.25) is 0 Å². The summed E-state index contributed by atoms with van der Waals surface area (Å²) in [7, 11) is 0. The van der Waals surface area contributed by atoms with Gasteiger partial charge in [-0.05, 0) is 78.7 Å². The predicted molar refractivity (Wildman–Crippen MR) is 94.3 cm³/mol. The molecule has 21 heavy (non-hydrogen) atoms. The highest BCUT2D eigenvalue weighted by Gasteiger charge is 2.33. The van der Waals surface area contributed by atoms with Crippen LogP contribution in [-0.4, -0.2) is 18.6 Å². The number of aryl methyl sites for hydroxylation is 1. The van der Waals surface area contributed by atoms with Gasteiger partial charge in [-0.1, -0.05) is 24.4 Å². The van der Waals surface area contributed by atoms with Crippen LogP contribution in [0.3, 0.4) is 0 Å². The van der Waals surface area contributed by atoms with Crippen molar-refractivity contribution in [1.82, 2.24) is 5.32 Å². The standard InChI is InChI=1S/C17H24BrClN2/c1-11-9-13(18)17(10-14(11)19)21-16-6-3-2-5-12(16)15-7-4-8-20-15/h9-10,12,15-16,20-21H,2-8H2,1H3. The van der Waals surface area contributed by atoms with Crippen molar-refractivity contribution >= 4 is 33.2 Å². The van der Waals surface area contributed by atoms with Crippen molar-refractivity contribution < 1.29 is 0 Å². The molecule has 3 atom stereocenters. The molecule has 1 aliphatic carbocycles. The molecule has 1 aromatic rings. The fraction of sp³-hybridized carbons (Fsp3) is 0.647. The highest BCUT2D eigenvalue weighted by Crippen LogP contribution is 2.35. The third-order valence-corrected chi connectivity index (χ3v) is 6.09. The molecule has 2 N–H and O–H groups in total. The first kappa shape index (κ1) is 15.6. The number of rotatable bonds is 3. The Morgan fingerprint density at radius 3 is 2.76 bits per heavy atom. The van der Waals surface area contributed by atoms with Gasteiger partial charge in [0.25, 0.3) is 0 Å². The fourth-order valence-electron chi connectivity index (χ4n) is 3.85. The second kappa shape index (κ2) is 6.89. The molecule has 2 fully saturated rings. The largest absolute Gasteiger partial charge is 0.381 e. The van der Waals surface area contributed by atoms with Crippen LogP contribution in [0.5, 0.6) is 0 Å². The van der Waals surface area contributed by atoms with Gasteiger partial charge in [0.1, 0.15) is 0 Å². The van der Waals surface area contributed by atoms with Gasteiger partial charge in [-0.15, -0.1) is 0 Å². The first-order valence-electron chi connectivity index (χ1n) is 8.10. The lowest BCUT2D eigenvalue weighted by Crippen LogP contribution is -2.43. The van der Waals surface area contributed by atoms with Gasteiger partial charge in [-0.25, -0.2) is 0 Å². The first-order chi connectivity index (χ1) is 10.1. The Hall–Kier alpha value is -0.250. The maximum absolute atomic E-state index is 6.29. The van der Waals surface area contributed by atoms with Crippen LogP contribution < -0.4 is 10.6 Å². The summed E-state index contributed by atoms with van der Waals surface area (Å²) in [6.45, 7) is 3.23. The van der Waals surface area contributed by atoms with E-state index in [1.54, 1.807) is 0 Å². The van der Waals surface area contributed by atoms with E-state index in [9.17, 15) is 0 Å². The Balaban J connectivity index is 1.76. The van der Waals surface area contributed by atoms with E-state index >= 15 is 0 Å². The van der Waals surface area contributed by atoms with E-state index in [1.807, 2.05) is 6.92 Å². The maximum atomic E-state index is 6.29. The van der Waals surface area contributed by atoms with Crippen molar-refractivity contribution in [2.75, 3.05) is 11.9 Å².